The Morgan fingerprint density at radius 2 is 1.70 bits per heavy atom. The first-order chi connectivity index (χ1) is 16.1. The van der Waals surface area contributed by atoms with Gasteiger partial charge in [-0.2, -0.15) is 0 Å². The maximum Gasteiger partial charge on any atom is 0.260 e. The van der Waals surface area contributed by atoms with Gasteiger partial charge in [-0.1, -0.05) is 42.5 Å². The van der Waals surface area contributed by atoms with Crippen molar-refractivity contribution in [1.82, 2.24) is 14.9 Å². The second-order valence-corrected chi connectivity index (χ2v) is 7.34. The number of benzene rings is 2. The number of carbonyl (C=O) groups is 1. The first-order valence-electron chi connectivity index (χ1n) is 10.5. The highest BCUT2D eigenvalue weighted by Crippen LogP contribution is 2.21. The van der Waals surface area contributed by atoms with Crippen molar-refractivity contribution < 1.29 is 14.3 Å². The summed E-state index contributed by atoms with van der Waals surface area (Å²) in [5.74, 6) is 0.209. The van der Waals surface area contributed by atoms with Gasteiger partial charge in [-0.05, 0) is 36.3 Å². The van der Waals surface area contributed by atoms with E-state index in [1.54, 1.807) is 35.4 Å². The number of hydrogen-bond donors (Lipinski definition) is 2. The lowest BCUT2D eigenvalue weighted by Gasteiger charge is -2.26. The van der Waals surface area contributed by atoms with Crippen LogP contribution >= 0.6 is 0 Å². The molecule has 2 aromatic carbocycles. The molecular formula is C25H23N5O3. The first-order valence-corrected chi connectivity index (χ1v) is 10.5. The van der Waals surface area contributed by atoms with Crippen LogP contribution in [0.2, 0.25) is 0 Å². The van der Waals surface area contributed by atoms with Crippen LogP contribution in [-0.2, 0) is 9.53 Å². The van der Waals surface area contributed by atoms with Gasteiger partial charge >= 0.3 is 0 Å². The molecule has 0 saturated heterocycles. The van der Waals surface area contributed by atoms with Crippen molar-refractivity contribution in [3.05, 3.63) is 96.1 Å². The van der Waals surface area contributed by atoms with Crippen molar-refractivity contribution in [2.45, 2.75) is 6.42 Å². The predicted octanol–water partition coefficient (Wildman–Crippen LogP) is 3.54. The van der Waals surface area contributed by atoms with E-state index in [0.717, 1.165) is 5.57 Å². The Morgan fingerprint density at radius 3 is 2.39 bits per heavy atom. The van der Waals surface area contributed by atoms with Gasteiger partial charge in [0.1, 0.15) is 11.4 Å². The molecule has 1 aromatic heterocycles. The zero-order valence-electron chi connectivity index (χ0n) is 17.9. The molecule has 1 aliphatic rings. The highest BCUT2D eigenvalue weighted by atomic mass is 16.5. The zero-order valence-corrected chi connectivity index (χ0v) is 17.9. The van der Waals surface area contributed by atoms with E-state index in [-0.39, 0.29) is 30.0 Å². The maximum atomic E-state index is 12.5. The molecule has 3 aromatic rings. The van der Waals surface area contributed by atoms with Crippen LogP contribution in [-0.4, -0.2) is 52.3 Å². The molecule has 1 amide bonds. The number of carbonyl (C=O) groups excluding carboxylic acids is 1. The molecule has 0 unspecified atom stereocenters. The summed E-state index contributed by atoms with van der Waals surface area (Å²) in [6, 6.07) is 18.2. The normalized spacial score (nSPS) is 13.1. The summed E-state index contributed by atoms with van der Waals surface area (Å²) in [5.41, 5.74) is 2.38. The smallest absolute Gasteiger partial charge is 0.260 e. The van der Waals surface area contributed by atoms with Gasteiger partial charge in [0.05, 0.1) is 18.1 Å². The SMILES string of the molecule is N=C(OC(=N)c1cncc(C2=CCN(C(=O)COc3ccccc3)CC2)n1)c1ccccc1. The molecule has 0 bridgehead atoms. The van der Waals surface area contributed by atoms with Crippen molar-refractivity contribution in [2.24, 2.45) is 0 Å². The van der Waals surface area contributed by atoms with Crippen LogP contribution in [0.1, 0.15) is 23.4 Å². The number of hydrogen-bond acceptors (Lipinski definition) is 7. The van der Waals surface area contributed by atoms with Gasteiger partial charge in [0.25, 0.3) is 5.91 Å². The second-order valence-electron chi connectivity index (χ2n) is 7.34. The number of rotatable bonds is 6. The minimum atomic E-state index is -0.246. The van der Waals surface area contributed by atoms with Crippen LogP contribution < -0.4 is 4.74 Å². The Bertz CT molecular complexity index is 1180. The van der Waals surface area contributed by atoms with E-state index in [1.165, 1.54) is 6.20 Å². The van der Waals surface area contributed by atoms with Crippen LogP contribution in [0.4, 0.5) is 0 Å². The highest BCUT2D eigenvalue weighted by molar-refractivity contribution is 6.03. The number of nitrogens with one attached hydrogen (secondary N) is 2. The largest absolute Gasteiger partial charge is 0.484 e. The lowest BCUT2D eigenvalue weighted by atomic mass is 10.1. The summed E-state index contributed by atoms with van der Waals surface area (Å²) in [6.07, 6.45) is 5.61. The lowest BCUT2D eigenvalue weighted by molar-refractivity contribution is -0.132. The Morgan fingerprint density at radius 1 is 0.970 bits per heavy atom. The molecule has 8 nitrogen and oxygen atoms in total. The Labute approximate surface area is 191 Å². The van der Waals surface area contributed by atoms with E-state index in [2.05, 4.69) is 9.97 Å². The van der Waals surface area contributed by atoms with E-state index in [0.29, 0.717) is 36.5 Å². The quantitative estimate of drug-likeness (QED) is 0.449. The number of nitrogens with zero attached hydrogens (tertiary/aromatic N) is 3. The third kappa shape index (κ3) is 5.68. The molecule has 0 fully saturated rings. The monoisotopic (exact) mass is 441 g/mol. The molecule has 2 N–H and O–H groups in total. The summed E-state index contributed by atoms with van der Waals surface area (Å²) >= 11 is 0. The number of ether oxygens (including phenoxy) is 2. The van der Waals surface area contributed by atoms with Gasteiger partial charge < -0.3 is 14.4 Å². The molecule has 1 aliphatic heterocycles. The Hall–Kier alpha value is -4.33. The Kier molecular flexibility index (Phi) is 6.84. The first kappa shape index (κ1) is 21.9. The predicted molar refractivity (Wildman–Crippen MR) is 124 cm³/mol. The average Bonchev–Trinajstić information content (AvgIpc) is 2.88. The zero-order chi connectivity index (χ0) is 23.0. The molecule has 33 heavy (non-hydrogen) atoms. The van der Waals surface area contributed by atoms with Gasteiger partial charge in [0, 0.05) is 18.7 Å². The van der Waals surface area contributed by atoms with Crippen molar-refractivity contribution >= 4 is 23.3 Å². The van der Waals surface area contributed by atoms with E-state index in [4.69, 9.17) is 20.3 Å². The molecule has 0 saturated carbocycles. The van der Waals surface area contributed by atoms with Crippen molar-refractivity contribution in [3.8, 4) is 5.75 Å². The standard InChI is InChI=1S/C25H23N5O3/c26-24(19-7-3-1-4-8-19)33-25(27)22-16-28-15-21(29-22)18-11-13-30(14-12-18)23(31)17-32-20-9-5-2-6-10-20/h1-11,15-16,26-27H,12-14,17H2. The fraction of sp³-hybridized carbons (Fsp3) is 0.160. The van der Waals surface area contributed by atoms with Gasteiger partial charge in [-0.3, -0.25) is 20.6 Å². The van der Waals surface area contributed by atoms with Gasteiger partial charge in [0.2, 0.25) is 11.8 Å². The van der Waals surface area contributed by atoms with Crippen LogP contribution in [0, 0.1) is 10.8 Å². The summed E-state index contributed by atoms with van der Waals surface area (Å²) in [4.78, 5) is 22.9. The van der Waals surface area contributed by atoms with Crippen molar-refractivity contribution in [1.29, 1.82) is 10.8 Å². The topological polar surface area (TPSA) is 112 Å². The van der Waals surface area contributed by atoms with Gasteiger partial charge in [-0.15, -0.1) is 0 Å². The van der Waals surface area contributed by atoms with E-state index in [9.17, 15) is 4.79 Å². The lowest BCUT2D eigenvalue weighted by Crippen LogP contribution is -2.37. The number of para-hydroxylation sites is 1. The molecule has 4 rings (SSSR count). The van der Waals surface area contributed by atoms with E-state index in [1.807, 2.05) is 42.5 Å². The van der Waals surface area contributed by atoms with Gasteiger partial charge in [0.15, 0.2) is 6.61 Å². The van der Waals surface area contributed by atoms with Crippen LogP contribution in [0.25, 0.3) is 5.57 Å². The molecular weight excluding hydrogens is 418 g/mol. The molecule has 0 radical (unpaired) electrons. The fourth-order valence-corrected chi connectivity index (χ4v) is 3.31. The number of amides is 1. The average molecular weight is 441 g/mol. The summed E-state index contributed by atoms with van der Waals surface area (Å²) < 4.78 is 10.9. The maximum absolute atomic E-state index is 12.5. The van der Waals surface area contributed by atoms with Crippen LogP contribution in [0.15, 0.2) is 79.1 Å². The van der Waals surface area contributed by atoms with Crippen LogP contribution in [0.3, 0.4) is 0 Å². The summed E-state index contributed by atoms with van der Waals surface area (Å²) in [7, 11) is 0. The van der Waals surface area contributed by atoms with Crippen LogP contribution in [0.5, 0.6) is 5.75 Å². The number of aromatic nitrogens is 2. The van der Waals surface area contributed by atoms with Crippen molar-refractivity contribution in [2.75, 3.05) is 19.7 Å². The molecule has 0 spiro atoms. The minimum Gasteiger partial charge on any atom is -0.484 e. The third-order valence-corrected chi connectivity index (χ3v) is 5.10. The summed E-state index contributed by atoms with van der Waals surface area (Å²) in [6.45, 7) is 0.983. The molecule has 0 atom stereocenters. The molecule has 166 valence electrons. The van der Waals surface area contributed by atoms with Crippen molar-refractivity contribution in [3.63, 3.8) is 0 Å². The minimum absolute atomic E-state index is 0.00957. The fourth-order valence-electron chi connectivity index (χ4n) is 3.31. The van der Waals surface area contributed by atoms with E-state index < -0.39 is 0 Å². The third-order valence-electron chi connectivity index (χ3n) is 5.10. The summed E-state index contributed by atoms with van der Waals surface area (Å²) in [5, 5.41) is 16.2. The highest BCUT2D eigenvalue weighted by Gasteiger charge is 2.20. The van der Waals surface area contributed by atoms with Gasteiger partial charge in [-0.25, -0.2) is 4.98 Å². The van der Waals surface area contributed by atoms with E-state index >= 15 is 0 Å². The molecule has 8 heteroatoms. The second kappa shape index (κ2) is 10.3. The molecule has 0 aliphatic carbocycles. The molecule has 2 heterocycles. The Balaban J connectivity index is 1.35.